The average molecular weight is 224 g/mol. The molecule has 4 nitrogen and oxygen atoms in total. The van der Waals surface area contributed by atoms with E-state index in [1.807, 2.05) is 13.0 Å². The zero-order valence-corrected chi connectivity index (χ0v) is 9.25. The molecule has 2 rings (SSSR count). The molecule has 15 heavy (non-hydrogen) atoms. The van der Waals surface area contributed by atoms with Crippen LogP contribution in [0.25, 0.3) is 0 Å². The highest BCUT2D eigenvalue weighted by molar-refractivity contribution is 7.99. The molecule has 0 atom stereocenters. The van der Waals surface area contributed by atoms with Crippen LogP contribution in [0, 0.1) is 6.92 Å². The maximum Gasteiger partial charge on any atom is 0.313 e. The Morgan fingerprint density at radius 3 is 2.93 bits per heavy atom. The third-order valence-corrected chi connectivity index (χ3v) is 3.03. The fourth-order valence-corrected chi connectivity index (χ4v) is 1.98. The Labute approximate surface area is 92.1 Å². The number of carboxylic acid groups (broad SMARTS) is 1. The van der Waals surface area contributed by atoms with Gasteiger partial charge in [-0.2, -0.15) is 0 Å². The Balaban J connectivity index is 2.12. The molecule has 5 heteroatoms. The van der Waals surface area contributed by atoms with Crippen LogP contribution >= 0.6 is 11.8 Å². The number of aliphatic carboxylic acids is 1. The molecule has 0 unspecified atom stereocenters. The van der Waals surface area contributed by atoms with Crippen molar-refractivity contribution in [3.8, 4) is 0 Å². The lowest BCUT2D eigenvalue weighted by Gasteiger charge is -2.03. The van der Waals surface area contributed by atoms with Crippen molar-refractivity contribution in [2.75, 3.05) is 5.75 Å². The summed E-state index contributed by atoms with van der Waals surface area (Å²) in [6.45, 7) is 1.92. The number of hydrogen-bond donors (Lipinski definition) is 1. The topological polar surface area (TPSA) is 63.1 Å². The number of aromatic nitrogens is 2. The van der Waals surface area contributed by atoms with Crippen LogP contribution in [0.3, 0.4) is 0 Å². The number of carbonyl (C=O) groups is 1. The van der Waals surface area contributed by atoms with Gasteiger partial charge < -0.3 is 5.11 Å². The first-order valence-corrected chi connectivity index (χ1v) is 5.84. The Morgan fingerprint density at radius 2 is 2.33 bits per heavy atom. The van der Waals surface area contributed by atoms with Gasteiger partial charge in [-0.1, -0.05) is 11.8 Å². The van der Waals surface area contributed by atoms with Crippen LogP contribution in [-0.2, 0) is 4.79 Å². The lowest BCUT2D eigenvalue weighted by atomic mass is 10.3. The average Bonchev–Trinajstić information content (AvgIpc) is 2.97. The van der Waals surface area contributed by atoms with Gasteiger partial charge >= 0.3 is 5.97 Å². The van der Waals surface area contributed by atoms with E-state index in [1.54, 1.807) is 0 Å². The zero-order chi connectivity index (χ0) is 10.8. The van der Waals surface area contributed by atoms with Crippen LogP contribution in [0.5, 0.6) is 0 Å². The first kappa shape index (κ1) is 10.4. The van der Waals surface area contributed by atoms with Crippen molar-refractivity contribution in [2.24, 2.45) is 0 Å². The van der Waals surface area contributed by atoms with Gasteiger partial charge in [0.05, 0.1) is 5.75 Å². The number of nitrogens with zero attached hydrogens (tertiary/aromatic N) is 2. The lowest BCUT2D eigenvalue weighted by molar-refractivity contribution is -0.133. The number of thioether (sulfide) groups is 1. The van der Waals surface area contributed by atoms with Crippen molar-refractivity contribution in [2.45, 2.75) is 30.7 Å². The highest BCUT2D eigenvalue weighted by Crippen LogP contribution is 2.38. The minimum atomic E-state index is -0.816. The van der Waals surface area contributed by atoms with Gasteiger partial charge in [-0.3, -0.25) is 4.79 Å². The molecule has 1 N–H and O–H groups in total. The Bertz CT molecular complexity index is 391. The van der Waals surface area contributed by atoms with Crippen molar-refractivity contribution < 1.29 is 9.90 Å². The fraction of sp³-hybridized carbons (Fsp3) is 0.500. The quantitative estimate of drug-likeness (QED) is 0.624. The molecule has 0 radical (unpaired) electrons. The number of aryl methyl sites for hydroxylation is 1. The van der Waals surface area contributed by atoms with E-state index in [0.717, 1.165) is 29.4 Å². The molecular formula is C10H12N2O2S. The largest absolute Gasteiger partial charge is 0.481 e. The van der Waals surface area contributed by atoms with Gasteiger partial charge in [0.1, 0.15) is 10.9 Å². The van der Waals surface area contributed by atoms with E-state index in [2.05, 4.69) is 9.97 Å². The van der Waals surface area contributed by atoms with Gasteiger partial charge in [-0.05, 0) is 25.8 Å². The standard InChI is InChI=1S/C10H12N2O2S/c1-6-4-8(15-5-9(13)14)12-10(11-6)7-2-3-7/h4,7H,2-3,5H2,1H3,(H,13,14). The predicted octanol–water partition coefficient (Wildman–Crippen LogP) is 1.84. The molecule has 1 aliphatic carbocycles. The molecule has 1 heterocycles. The summed E-state index contributed by atoms with van der Waals surface area (Å²) < 4.78 is 0. The van der Waals surface area contributed by atoms with Crippen LogP contribution < -0.4 is 0 Å². The van der Waals surface area contributed by atoms with Crippen molar-refractivity contribution >= 4 is 17.7 Å². The van der Waals surface area contributed by atoms with E-state index < -0.39 is 5.97 Å². The van der Waals surface area contributed by atoms with E-state index in [9.17, 15) is 4.79 Å². The molecule has 80 valence electrons. The number of rotatable bonds is 4. The van der Waals surface area contributed by atoms with Crippen LogP contribution in [0.2, 0.25) is 0 Å². The van der Waals surface area contributed by atoms with Crippen LogP contribution in [0.1, 0.15) is 30.3 Å². The van der Waals surface area contributed by atoms with Gasteiger partial charge in [-0.15, -0.1) is 0 Å². The van der Waals surface area contributed by atoms with Crippen LogP contribution in [0.15, 0.2) is 11.1 Å². The van der Waals surface area contributed by atoms with Gasteiger partial charge in [-0.25, -0.2) is 9.97 Å². The molecule has 1 fully saturated rings. The molecule has 1 aromatic rings. The van der Waals surface area contributed by atoms with Gasteiger partial charge in [0.15, 0.2) is 0 Å². The van der Waals surface area contributed by atoms with Crippen LogP contribution in [-0.4, -0.2) is 26.8 Å². The monoisotopic (exact) mass is 224 g/mol. The lowest BCUT2D eigenvalue weighted by Crippen LogP contribution is -2.01. The maximum atomic E-state index is 10.4. The van der Waals surface area contributed by atoms with Crippen molar-refractivity contribution in [3.63, 3.8) is 0 Å². The van der Waals surface area contributed by atoms with Crippen LogP contribution in [0.4, 0.5) is 0 Å². The van der Waals surface area contributed by atoms with E-state index in [0.29, 0.717) is 5.92 Å². The molecule has 0 aromatic carbocycles. The fourth-order valence-electron chi connectivity index (χ4n) is 1.30. The summed E-state index contributed by atoms with van der Waals surface area (Å²) in [6.07, 6.45) is 2.32. The smallest absolute Gasteiger partial charge is 0.313 e. The first-order chi connectivity index (χ1) is 7.15. The predicted molar refractivity (Wildman–Crippen MR) is 57.1 cm³/mol. The van der Waals surface area contributed by atoms with E-state index in [-0.39, 0.29) is 5.75 Å². The highest BCUT2D eigenvalue weighted by Gasteiger charge is 2.27. The Kier molecular flexibility index (Phi) is 2.90. The summed E-state index contributed by atoms with van der Waals surface area (Å²) >= 11 is 1.25. The van der Waals surface area contributed by atoms with Gasteiger partial charge in [0.2, 0.25) is 0 Å². The maximum absolute atomic E-state index is 10.4. The molecule has 1 aromatic heterocycles. The second-order valence-electron chi connectivity index (χ2n) is 3.66. The minimum Gasteiger partial charge on any atom is -0.481 e. The van der Waals surface area contributed by atoms with Gasteiger partial charge in [0, 0.05) is 11.6 Å². The van der Waals surface area contributed by atoms with Gasteiger partial charge in [0.25, 0.3) is 0 Å². The second kappa shape index (κ2) is 4.18. The normalized spacial score (nSPS) is 15.3. The second-order valence-corrected chi connectivity index (χ2v) is 4.66. The van der Waals surface area contributed by atoms with Crippen molar-refractivity contribution in [1.29, 1.82) is 0 Å². The third-order valence-electron chi connectivity index (χ3n) is 2.13. The SMILES string of the molecule is Cc1cc(SCC(=O)O)nc(C2CC2)n1. The molecule has 0 amide bonds. The Hall–Kier alpha value is -1.10. The zero-order valence-electron chi connectivity index (χ0n) is 8.43. The number of hydrogen-bond acceptors (Lipinski definition) is 4. The summed E-state index contributed by atoms with van der Waals surface area (Å²) in [5, 5.41) is 9.34. The summed E-state index contributed by atoms with van der Waals surface area (Å²) in [6, 6.07) is 1.83. The molecule has 0 aliphatic heterocycles. The Morgan fingerprint density at radius 1 is 1.60 bits per heavy atom. The minimum absolute atomic E-state index is 0.0561. The van der Waals surface area contributed by atoms with E-state index in [1.165, 1.54) is 11.8 Å². The molecule has 0 spiro atoms. The highest BCUT2D eigenvalue weighted by atomic mass is 32.2. The summed E-state index contributed by atoms with van der Waals surface area (Å²) in [5.74, 6) is 0.627. The molecule has 1 saturated carbocycles. The molecule has 0 bridgehead atoms. The molecule has 1 aliphatic rings. The van der Waals surface area contributed by atoms with E-state index >= 15 is 0 Å². The first-order valence-electron chi connectivity index (χ1n) is 4.85. The van der Waals surface area contributed by atoms with E-state index in [4.69, 9.17) is 5.11 Å². The summed E-state index contributed by atoms with van der Waals surface area (Å²) in [4.78, 5) is 19.1. The number of carboxylic acids is 1. The summed E-state index contributed by atoms with van der Waals surface area (Å²) in [7, 11) is 0. The third kappa shape index (κ3) is 2.92. The summed E-state index contributed by atoms with van der Waals surface area (Å²) in [5.41, 5.74) is 0.916. The molecular weight excluding hydrogens is 212 g/mol. The van der Waals surface area contributed by atoms with Crippen molar-refractivity contribution in [3.05, 3.63) is 17.6 Å². The van der Waals surface area contributed by atoms with Crippen molar-refractivity contribution in [1.82, 2.24) is 9.97 Å². The molecule has 0 saturated heterocycles.